The third kappa shape index (κ3) is 3.80. The maximum atomic E-state index is 13.2. The Balaban J connectivity index is 1.31. The molecule has 2 heterocycles. The lowest BCUT2D eigenvalue weighted by Gasteiger charge is -2.35. The fourth-order valence-corrected chi connectivity index (χ4v) is 5.73. The van der Waals surface area contributed by atoms with Gasteiger partial charge in [-0.15, -0.1) is 0 Å². The molecule has 0 aliphatic carbocycles. The molecule has 9 heteroatoms. The van der Waals surface area contributed by atoms with Crippen LogP contribution < -0.4 is 9.80 Å². The molecule has 3 aromatic carbocycles. The van der Waals surface area contributed by atoms with Crippen LogP contribution in [0.15, 0.2) is 77.7 Å². The van der Waals surface area contributed by atoms with Gasteiger partial charge in [-0.05, 0) is 60.7 Å². The highest BCUT2D eigenvalue weighted by Gasteiger charge is 2.36. The molecular formula is C24H20ClN3O4S. The van der Waals surface area contributed by atoms with Crippen LogP contribution in [-0.2, 0) is 10.0 Å². The van der Waals surface area contributed by atoms with Gasteiger partial charge >= 0.3 is 0 Å². The highest BCUT2D eigenvalue weighted by molar-refractivity contribution is 7.89. The molecular weight excluding hydrogens is 462 g/mol. The number of amides is 2. The van der Waals surface area contributed by atoms with E-state index < -0.39 is 21.8 Å². The second-order valence-corrected chi connectivity index (χ2v) is 10.2. The molecule has 33 heavy (non-hydrogen) atoms. The number of rotatable bonds is 4. The number of nitrogens with zero attached hydrogens (tertiary/aromatic N) is 3. The van der Waals surface area contributed by atoms with Gasteiger partial charge in [-0.2, -0.15) is 4.31 Å². The van der Waals surface area contributed by atoms with E-state index in [9.17, 15) is 18.0 Å². The van der Waals surface area contributed by atoms with Gasteiger partial charge in [0.25, 0.3) is 11.8 Å². The molecule has 168 valence electrons. The van der Waals surface area contributed by atoms with Gasteiger partial charge in [0.05, 0.1) is 21.7 Å². The van der Waals surface area contributed by atoms with Crippen molar-refractivity contribution in [3.8, 4) is 0 Å². The van der Waals surface area contributed by atoms with Crippen LogP contribution in [0.25, 0.3) is 0 Å². The van der Waals surface area contributed by atoms with Crippen LogP contribution in [-0.4, -0.2) is 50.7 Å². The summed E-state index contributed by atoms with van der Waals surface area (Å²) < 4.78 is 27.8. The summed E-state index contributed by atoms with van der Waals surface area (Å²) in [4.78, 5) is 28.7. The van der Waals surface area contributed by atoms with Crippen LogP contribution >= 0.6 is 11.6 Å². The highest BCUT2D eigenvalue weighted by Crippen LogP contribution is 2.30. The van der Waals surface area contributed by atoms with Crippen molar-refractivity contribution in [1.82, 2.24) is 4.31 Å². The van der Waals surface area contributed by atoms with Crippen LogP contribution in [0.3, 0.4) is 0 Å². The zero-order valence-electron chi connectivity index (χ0n) is 17.5. The predicted molar refractivity (Wildman–Crippen MR) is 126 cm³/mol. The zero-order valence-corrected chi connectivity index (χ0v) is 19.1. The van der Waals surface area contributed by atoms with E-state index in [0.717, 1.165) is 10.6 Å². The highest BCUT2D eigenvalue weighted by atomic mass is 35.5. The van der Waals surface area contributed by atoms with Gasteiger partial charge in [0.2, 0.25) is 10.0 Å². The van der Waals surface area contributed by atoms with Crippen LogP contribution in [0.4, 0.5) is 11.4 Å². The summed E-state index contributed by atoms with van der Waals surface area (Å²) in [5.74, 6) is -0.825. The Labute approximate surface area is 196 Å². The minimum atomic E-state index is -3.70. The smallest absolute Gasteiger partial charge is 0.266 e. The number of sulfonamides is 1. The second-order valence-electron chi connectivity index (χ2n) is 7.85. The van der Waals surface area contributed by atoms with Crippen LogP contribution in [0.1, 0.15) is 20.7 Å². The molecule has 2 aliphatic rings. The lowest BCUT2D eigenvalue weighted by Crippen LogP contribution is -2.48. The minimum Gasteiger partial charge on any atom is -0.369 e. The number of halogens is 1. The number of carbonyl (C=O) groups is 2. The van der Waals surface area contributed by atoms with Gasteiger partial charge in [-0.25, -0.2) is 13.3 Å². The summed E-state index contributed by atoms with van der Waals surface area (Å²) in [7, 11) is -3.70. The average molecular weight is 482 g/mol. The first kappa shape index (κ1) is 21.6. The van der Waals surface area contributed by atoms with E-state index in [2.05, 4.69) is 4.90 Å². The molecule has 0 bridgehead atoms. The monoisotopic (exact) mass is 481 g/mol. The normalized spacial score (nSPS) is 16.9. The number of fused-ring (bicyclic) bond motifs is 1. The summed E-state index contributed by atoms with van der Waals surface area (Å²) in [5, 5.41) is 0.657. The Morgan fingerprint density at radius 2 is 1.18 bits per heavy atom. The lowest BCUT2D eigenvalue weighted by molar-refractivity contribution is 0.0926. The SMILES string of the molecule is O=C1c2ccccc2C(=O)N1c1ccc(S(=O)(=O)N2CCN(c3ccc(Cl)cc3)CC2)cc1. The molecule has 1 fully saturated rings. The van der Waals surface area contributed by atoms with Crippen molar-refractivity contribution in [2.75, 3.05) is 36.0 Å². The number of hydrogen-bond donors (Lipinski definition) is 0. The van der Waals surface area contributed by atoms with E-state index in [0.29, 0.717) is 48.0 Å². The first-order valence-electron chi connectivity index (χ1n) is 10.4. The molecule has 1 saturated heterocycles. The summed E-state index contributed by atoms with van der Waals surface area (Å²) in [6.45, 7) is 1.83. The van der Waals surface area contributed by atoms with Gasteiger partial charge in [0.1, 0.15) is 0 Å². The van der Waals surface area contributed by atoms with Crippen LogP contribution in [0.5, 0.6) is 0 Å². The van der Waals surface area contributed by atoms with Gasteiger partial charge in [-0.1, -0.05) is 23.7 Å². The fourth-order valence-electron chi connectivity index (χ4n) is 4.18. The third-order valence-corrected chi connectivity index (χ3v) is 8.12. The molecule has 5 rings (SSSR count). The Morgan fingerprint density at radius 3 is 1.73 bits per heavy atom. The predicted octanol–water partition coefficient (Wildman–Crippen LogP) is 3.65. The molecule has 0 radical (unpaired) electrons. The first-order chi connectivity index (χ1) is 15.9. The fraction of sp³-hybridized carbons (Fsp3) is 0.167. The van der Waals surface area contributed by atoms with E-state index in [1.54, 1.807) is 24.3 Å². The second kappa shape index (κ2) is 8.30. The third-order valence-electron chi connectivity index (χ3n) is 5.96. The van der Waals surface area contributed by atoms with Gasteiger partial charge in [-0.3, -0.25) is 9.59 Å². The zero-order chi connectivity index (χ0) is 23.2. The van der Waals surface area contributed by atoms with E-state index in [-0.39, 0.29) is 4.90 Å². The topological polar surface area (TPSA) is 78.0 Å². The summed E-state index contributed by atoms with van der Waals surface area (Å²) in [5.41, 5.74) is 2.03. The Bertz CT molecular complexity index is 1300. The quantitative estimate of drug-likeness (QED) is 0.531. The maximum Gasteiger partial charge on any atom is 0.266 e. The number of imide groups is 1. The van der Waals surface area contributed by atoms with Gasteiger partial charge < -0.3 is 4.90 Å². The molecule has 3 aromatic rings. The molecule has 0 spiro atoms. The van der Waals surface area contributed by atoms with Gasteiger partial charge in [0, 0.05) is 36.9 Å². The van der Waals surface area contributed by atoms with Crippen molar-refractivity contribution in [1.29, 1.82) is 0 Å². The summed E-state index contributed by atoms with van der Waals surface area (Å²) in [6, 6.07) is 20.0. The maximum absolute atomic E-state index is 13.2. The van der Waals surface area contributed by atoms with E-state index in [1.165, 1.54) is 28.6 Å². The van der Waals surface area contributed by atoms with Crippen molar-refractivity contribution in [3.63, 3.8) is 0 Å². The lowest BCUT2D eigenvalue weighted by atomic mass is 10.1. The van der Waals surface area contributed by atoms with Crippen LogP contribution in [0.2, 0.25) is 5.02 Å². The average Bonchev–Trinajstić information content (AvgIpc) is 3.10. The van der Waals surface area contributed by atoms with Crippen molar-refractivity contribution >= 4 is 44.8 Å². The molecule has 2 aliphatic heterocycles. The summed E-state index contributed by atoms with van der Waals surface area (Å²) >= 11 is 5.95. The molecule has 0 aromatic heterocycles. The Morgan fingerprint density at radius 1 is 0.667 bits per heavy atom. The number of carbonyl (C=O) groups excluding carboxylic acids is 2. The molecule has 0 N–H and O–H groups in total. The van der Waals surface area contributed by atoms with Crippen LogP contribution in [0, 0.1) is 0 Å². The molecule has 0 atom stereocenters. The molecule has 0 saturated carbocycles. The van der Waals surface area contributed by atoms with Crippen molar-refractivity contribution in [2.24, 2.45) is 0 Å². The van der Waals surface area contributed by atoms with Crippen molar-refractivity contribution in [3.05, 3.63) is 88.9 Å². The summed E-state index contributed by atoms with van der Waals surface area (Å²) in [6.07, 6.45) is 0. The van der Waals surface area contributed by atoms with E-state index >= 15 is 0 Å². The number of anilines is 2. The minimum absolute atomic E-state index is 0.128. The van der Waals surface area contributed by atoms with Gasteiger partial charge in [0.15, 0.2) is 0 Å². The Hall–Kier alpha value is -3.20. The largest absolute Gasteiger partial charge is 0.369 e. The standard InChI is InChI=1S/C24H20ClN3O4S/c25-17-5-7-18(8-6-17)26-13-15-27(16-14-26)33(31,32)20-11-9-19(10-12-20)28-23(29)21-3-1-2-4-22(21)24(28)30/h1-12H,13-16H2. The van der Waals surface area contributed by atoms with Crippen molar-refractivity contribution < 1.29 is 18.0 Å². The molecule has 7 nitrogen and oxygen atoms in total. The number of piperazine rings is 1. The van der Waals surface area contributed by atoms with Crippen molar-refractivity contribution in [2.45, 2.75) is 4.90 Å². The van der Waals surface area contributed by atoms with E-state index in [4.69, 9.17) is 11.6 Å². The first-order valence-corrected chi connectivity index (χ1v) is 12.3. The number of hydrogen-bond acceptors (Lipinski definition) is 5. The van der Waals surface area contributed by atoms with E-state index in [1.807, 2.05) is 24.3 Å². The Kier molecular flexibility index (Phi) is 5.44. The number of benzene rings is 3. The molecule has 2 amide bonds. The molecule has 0 unspecified atom stereocenters.